The van der Waals surface area contributed by atoms with Crippen LogP contribution in [0.15, 0.2) is 59.5 Å². The Kier molecular flexibility index (Phi) is 4.80. The molecule has 3 rings (SSSR count). The van der Waals surface area contributed by atoms with Crippen LogP contribution in [-0.2, 0) is 16.0 Å². The van der Waals surface area contributed by atoms with Crippen molar-refractivity contribution in [2.24, 2.45) is 5.41 Å². The summed E-state index contributed by atoms with van der Waals surface area (Å²) < 4.78 is 64.3. The maximum Gasteiger partial charge on any atom is 0.362 e. The van der Waals surface area contributed by atoms with Gasteiger partial charge in [-0.3, -0.25) is 9.59 Å². The van der Waals surface area contributed by atoms with E-state index in [0.29, 0.717) is 0 Å². The quantitative estimate of drug-likeness (QED) is 0.319. The molecule has 0 heterocycles. The van der Waals surface area contributed by atoms with Gasteiger partial charge in [-0.15, -0.1) is 0 Å². The Morgan fingerprint density at radius 1 is 1.04 bits per heavy atom. The standard InChI is InChI=1S/C19H14F4O3S/c1-26-16(25)17(11-12-7-5-6-10-14(12)15(17)24)18(20,21)19(22,23)27-13-8-3-2-4-9-13/h2-10H,11H2,1H3. The van der Waals surface area contributed by atoms with E-state index in [4.69, 9.17) is 0 Å². The Bertz CT molecular complexity index is 886. The van der Waals surface area contributed by atoms with E-state index in [-0.39, 0.29) is 16.0 Å². The number of carbonyl (C=O) groups is 2. The summed E-state index contributed by atoms with van der Waals surface area (Å²) in [5.74, 6) is -8.03. The van der Waals surface area contributed by atoms with E-state index in [0.717, 1.165) is 7.11 Å². The fourth-order valence-corrected chi connectivity index (χ4v) is 4.05. The van der Waals surface area contributed by atoms with Crippen LogP contribution in [0.4, 0.5) is 17.6 Å². The lowest BCUT2D eigenvalue weighted by molar-refractivity contribution is -0.219. The van der Waals surface area contributed by atoms with Gasteiger partial charge in [-0.1, -0.05) is 42.5 Å². The summed E-state index contributed by atoms with van der Waals surface area (Å²) in [6.45, 7) is 0. The molecule has 142 valence electrons. The van der Waals surface area contributed by atoms with Crippen molar-refractivity contribution in [3.63, 3.8) is 0 Å². The van der Waals surface area contributed by atoms with Crippen LogP contribution < -0.4 is 0 Å². The number of rotatable bonds is 5. The molecule has 1 aliphatic carbocycles. The van der Waals surface area contributed by atoms with Crippen LogP contribution in [0.3, 0.4) is 0 Å². The second-order valence-corrected chi connectivity index (χ2v) is 7.25. The van der Waals surface area contributed by atoms with E-state index in [9.17, 15) is 18.4 Å². The number of ketones is 1. The van der Waals surface area contributed by atoms with E-state index < -0.39 is 46.5 Å². The molecule has 0 fully saturated rings. The molecule has 1 unspecified atom stereocenters. The number of benzene rings is 2. The highest BCUT2D eigenvalue weighted by atomic mass is 32.2. The first kappa shape index (κ1) is 19.4. The molecule has 0 saturated carbocycles. The average molecular weight is 398 g/mol. The average Bonchev–Trinajstić information content (AvgIpc) is 2.96. The van der Waals surface area contributed by atoms with Crippen LogP contribution in [0.25, 0.3) is 0 Å². The largest absolute Gasteiger partial charge is 0.468 e. The van der Waals surface area contributed by atoms with E-state index >= 15 is 8.78 Å². The second kappa shape index (κ2) is 6.67. The van der Waals surface area contributed by atoms with Crippen LogP contribution in [-0.4, -0.2) is 30.0 Å². The molecule has 0 bridgehead atoms. The topological polar surface area (TPSA) is 43.4 Å². The van der Waals surface area contributed by atoms with Crippen molar-refractivity contribution in [2.45, 2.75) is 22.5 Å². The van der Waals surface area contributed by atoms with Crippen molar-refractivity contribution in [1.82, 2.24) is 0 Å². The maximum atomic E-state index is 15.2. The molecule has 2 aromatic rings. The van der Waals surface area contributed by atoms with Crippen LogP contribution in [0.2, 0.25) is 0 Å². The summed E-state index contributed by atoms with van der Waals surface area (Å²) in [4.78, 5) is 24.9. The highest BCUT2D eigenvalue weighted by Gasteiger charge is 2.77. The number of thioether (sulfide) groups is 1. The van der Waals surface area contributed by atoms with E-state index in [1.165, 1.54) is 48.5 Å². The van der Waals surface area contributed by atoms with Crippen LogP contribution in [0.5, 0.6) is 0 Å². The van der Waals surface area contributed by atoms with Crippen molar-refractivity contribution in [3.05, 3.63) is 65.7 Å². The zero-order valence-electron chi connectivity index (χ0n) is 14.0. The number of hydrogen-bond acceptors (Lipinski definition) is 4. The maximum absolute atomic E-state index is 15.2. The summed E-state index contributed by atoms with van der Waals surface area (Å²) in [6, 6.07) is 12.4. The molecule has 0 amide bonds. The summed E-state index contributed by atoms with van der Waals surface area (Å²) >= 11 is -0.396. The second-order valence-electron chi connectivity index (χ2n) is 6.07. The lowest BCUT2D eigenvalue weighted by atomic mass is 9.77. The normalized spacial score (nSPS) is 19.7. The Morgan fingerprint density at radius 2 is 1.63 bits per heavy atom. The molecule has 3 nitrogen and oxygen atoms in total. The minimum atomic E-state index is -5.00. The van der Waals surface area contributed by atoms with Gasteiger partial charge in [-0.25, -0.2) is 0 Å². The first-order valence-electron chi connectivity index (χ1n) is 7.88. The number of halogens is 4. The molecule has 0 aliphatic heterocycles. The van der Waals surface area contributed by atoms with Gasteiger partial charge in [0.2, 0.25) is 5.41 Å². The molecule has 0 N–H and O–H groups in total. The summed E-state index contributed by atoms with van der Waals surface area (Å²) in [5, 5.41) is -4.74. The fraction of sp³-hybridized carbons (Fsp3) is 0.263. The predicted molar refractivity (Wildman–Crippen MR) is 91.1 cm³/mol. The van der Waals surface area contributed by atoms with Crippen LogP contribution >= 0.6 is 11.8 Å². The van der Waals surface area contributed by atoms with Crippen molar-refractivity contribution in [2.75, 3.05) is 7.11 Å². The molecule has 0 saturated heterocycles. The summed E-state index contributed by atoms with van der Waals surface area (Å²) in [5.41, 5.74) is -3.40. The molecular weight excluding hydrogens is 384 g/mol. The van der Waals surface area contributed by atoms with Gasteiger partial charge in [0, 0.05) is 16.9 Å². The lowest BCUT2D eigenvalue weighted by Crippen LogP contribution is -2.60. The van der Waals surface area contributed by atoms with Gasteiger partial charge in [-0.2, -0.15) is 17.6 Å². The van der Waals surface area contributed by atoms with Gasteiger partial charge in [0.05, 0.1) is 7.11 Å². The zero-order chi connectivity index (χ0) is 19.9. The molecule has 1 atom stereocenters. The van der Waals surface area contributed by atoms with Crippen molar-refractivity contribution >= 4 is 23.5 Å². The Hall–Kier alpha value is -2.35. The third kappa shape index (κ3) is 2.82. The van der Waals surface area contributed by atoms with Crippen molar-refractivity contribution < 1.29 is 31.9 Å². The molecule has 27 heavy (non-hydrogen) atoms. The van der Waals surface area contributed by atoms with Crippen LogP contribution in [0, 0.1) is 5.41 Å². The van der Waals surface area contributed by atoms with E-state index in [2.05, 4.69) is 4.74 Å². The molecule has 8 heteroatoms. The first-order valence-corrected chi connectivity index (χ1v) is 8.70. The van der Waals surface area contributed by atoms with E-state index in [1.54, 1.807) is 6.07 Å². The number of Topliss-reactive ketones (excluding diaryl/α,β-unsaturated/α-hetero) is 1. The third-order valence-electron chi connectivity index (χ3n) is 4.53. The van der Waals surface area contributed by atoms with Gasteiger partial charge in [-0.05, 0) is 29.5 Å². The zero-order valence-corrected chi connectivity index (χ0v) is 14.9. The molecule has 0 aromatic heterocycles. The highest BCUT2D eigenvalue weighted by Crippen LogP contribution is 2.59. The highest BCUT2D eigenvalue weighted by molar-refractivity contribution is 8.00. The van der Waals surface area contributed by atoms with Gasteiger partial charge in [0.25, 0.3) is 0 Å². The minimum absolute atomic E-state index is 0.105. The summed E-state index contributed by atoms with van der Waals surface area (Å²) in [6.07, 6.45) is -0.855. The Morgan fingerprint density at radius 3 is 2.22 bits per heavy atom. The number of ether oxygens (including phenoxy) is 1. The minimum Gasteiger partial charge on any atom is -0.468 e. The first-order chi connectivity index (χ1) is 12.7. The van der Waals surface area contributed by atoms with Crippen molar-refractivity contribution in [1.29, 1.82) is 0 Å². The Labute approximate surface area is 156 Å². The predicted octanol–water partition coefficient (Wildman–Crippen LogP) is 4.61. The number of methoxy groups -OCH3 is 1. The smallest absolute Gasteiger partial charge is 0.362 e. The number of hydrogen-bond donors (Lipinski definition) is 0. The van der Waals surface area contributed by atoms with Crippen molar-refractivity contribution in [3.8, 4) is 0 Å². The van der Waals surface area contributed by atoms with Gasteiger partial charge in [0.1, 0.15) is 0 Å². The monoisotopic (exact) mass is 398 g/mol. The number of fused-ring (bicyclic) bond motifs is 1. The van der Waals surface area contributed by atoms with Gasteiger partial charge < -0.3 is 4.74 Å². The number of carbonyl (C=O) groups excluding carboxylic acids is 2. The van der Waals surface area contributed by atoms with E-state index in [1.807, 2.05) is 0 Å². The number of alkyl halides is 4. The summed E-state index contributed by atoms with van der Waals surface area (Å²) in [7, 11) is 0.791. The molecule has 0 radical (unpaired) electrons. The molecular formula is C19H14F4O3S. The van der Waals surface area contributed by atoms with Gasteiger partial charge >= 0.3 is 17.1 Å². The molecule has 1 aliphatic rings. The van der Waals surface area contributed by atoms with Crippen LogP contribution in [0.1, 0.15) is 15.9 Å². The Balaban J connectivity index is 2.10. The van der Waals surface area contributed by atoms with Gasteiger partial charge in [0.15, 0.2) is 5.78 Å². The molecule has 2 aromatic carbocycles. The third-order valence-corrected chi connectivity index (χ3v) is 5.55. The number of esters is 1. The molecule has 0 spiro atoms. The lowest BCUT2D eigenvalue weighted by Gasteiger charge is -2.37. The fourth-order valence-electron chi connectivity index (χ4n) is 3.16. The SMILES string of the molecule is COC(=O)C1(C(F)(F)C(F)(F)Sc2ccccc2)Cc2ccccc2C1=O.